The predicted octanol–water partition coefficient (Wildman–Crippen LogP) is 2.93. The molecule has 0 unspecified atom stereocenters. The summed E-state index contributed by atoms with van der Waals surface area (Å²) in [5.41, 5.74) is 1.64. The van der Waals surface area contributed by atoms with Crippen LogP contribution in [0.4, 0.5) is 4.39 Å². The summed E-state index contributed by atoms with van der Waals surface area (Å²) in [4.78, 5) is 14.8. The molecule has 0 radical (unpaired) electrons. The van der Waals surface area contributed by atoms with Crippen LogP contribution in [0.15, 0.2) is 54.1 Å². The molecule has 0 aliphatic carbocycles. The van der Waals surface area contributed by atoms with Crippen LogP contribution in [0.1, 0.15) is 17.2 Å². The second kappa shape index (κ2) is 10.5. The van der Waals surface area contributed by atoms with Gasteiger partial charge in [0, 0.05) is 19.6 Å². The van der Waals surface area contributed by atoms with Gasteiger partial charge in [0.2, 0.25) is 0 Å². The number of nitrogens with zero attached hydrogens (tertiary/aromatic N) is 2. The lowest BCUT2D eigenvalue weighted by Crippen LogP contribution is -2.44. The highest BCUT2D eigenvalue weighted by molar-refractivity contribution is 6.01. The number of benzene rings is 2. The molecule has 1 N–H and O–H groups in total. The van der Waals surface area contributed by atoms with Gasteiger partial charge in [0.05, 0.1) is 26.4 Å². The fourth-order valence-electron chi connectivity index (χ4n) is 3.33. The first-order valence-electron chi connectivity index (χ1n) is 9.72. The highest BCUT2D eigenvalue weighted by atomic mass is 19.1. The largest absolute Gasteiger partial charge is 0.497 e. The molecule has 7 heteroatoms. The molecule has 0 bridgehead atoms. The summed E-state index contributed by atoms with van der Waals surface area (Å²) in [6, 6.07) is 15.2. The number of nitrogens with one attached hydrogen (secondary N) is 1. The first kappa shape index (κ1) is 21.5. The molecule has 1 saturated heterocycles. The molecule has 2 aromatic rings. The maximum Gasteiger partial charge on any atom is 0.262 e. The first-order valence-corrected chi connectivity index (χ1v) is 9.72. The molecule has 0 spiro atoms. The minimum Gasteiger partial charge on any atom is -0.497 e. The standard InChI is InChI=1S/C23H24FN3O3/c1-29-21-8-2-17(3-9-21)14-19(15-25)23(28)26-16-22(27-10-12-30-13-11-27)18-4-6-20(24)7-5-18/h2-9,14,22H,10-13,16H2,1H3,(H,26,28)/b19-14-/t22-/m0/s1. The Bertz CT molecular complexity index is 914. The average molecular weight is 409 g/mol. The number of nitriles is 1. The summed E-state index contributed by atoms with van der Waals surface area (Å²) in [5.74, 6) is -0.0610. The zero-order valence-electron chi connectivity index (χ0n) is 16.8. The smallest absolute Gasteiger partial charge is 0.262 e. The quantitative estimate of drug-likeness (QED) is 0.562. The number of carbonyl (C=O) groups excluding carboxylic acids is 1. The molecule has 1 aliphatic heterocycles. The summed E-state index contributed by atoms with van der Waals surface area (Å²) in [7, 11) is 1.57. The Labute approximate surface area is 175 Å². The van der Waals surface area contributed by atoms with Crippen molar-refractivity contribution >= 4 is 12.0 Å². The summed E-state index contributed by atoms with van der Waals surface area (Å²) < 4.78 is 23.9. The highest BCUT2D eigenvalue weighted by Crippen LogP contribution is 2.22. The topological polar surface area (TPSA) is 74.6 Å². The Morgan fingerprint density at radius 2 is 1.90 bits per heavy atom. The molecule has 30 heavy (non-hydrogen) atoms. The second-order valence-electron chi connectivity index (χ2n) is 6.87. The monoisotopic (exact) mass is 409 g/mol. The van der Waals surface area contributed by atoms with E-state index in [4.69, 9.17) is 9.47 Å². The number of methoxy groups -OCH3 is 1. The zero-order valence-corrected chi connectivity index (χ0v) is 16.8. The van der Waals surface area contributed by atoms with E-state index in [1.54, 1.807) is 43.5 Å². The van der Waals surface area contributed by atoms with Crippen molar-refractivity contribution in [2.24, 2.45) is 0 Å². The fourth-order valence-corrected chi connectivity index (χ4v) is 3.33. The number of carbonyl (C=O) groups is 1. The molecule has 0 saturated carbocycles. The lowest BCUT2D eigenvalue weighted by atomic mass is 10.0. The van der Waals surface area contributed by atoms with Crippen LogP contribution in [-0.4, -0.2) is 50.8 Å². The molecule has 6 nitrogen and oxygen atoms in total. The third-order valence-electron chi connectivity index (χ3n) is 4.99. The van der Waals surface area contributed by atoms with Gasteiger partial charge < -0.3 is 14.8 Å². The lowest BCUT2D eigenvalue weighted by Gasteiger charge is -2.34. The van der Waals surface area contributed by atoms with Crippen molar-refractivity contribution in [1.29, 1.82) is 5.26 Å². The lowest BCUT2D eigenvalue weighted by molar-refractivity contribution is -0.117. The Morgan fingerprint density at radius 1 is 1.23 bits per heavy atom. The summed E-state index contributed by atoms with van der Waals surface area (Å²) >= 11 is 0. The van der Waals surface area contributed by atoms with E-state index in [1.165, 1.54) is 18.2 Å². The maximum absolute atomic E-state index is 13.4. The van der Waals surface area contributed by atoms with Crippen LogP contribution in [0.25, 0.3) is 6.08 Å². The molecular weight excluding hydrogens is 385 g/mol. The number of amides is 1. The van der Waals surface area contributed by atoms with Gasteiger partial charge in [-0.2, -0.15) is 5.26 Å². The van der Waals surface area contributed by atoms with Crippen molar-refractivity contribution in [2.45, 2.75) is 6.04 Å². The van der Waals surface area contributed by atoms with E-state index >= 15 is 0 Å². The normalized spacial score (nSPS) is 15.8. The van der Waals surface area contributed by atoms with Crippen LogP contribution in [0.2, 0.25) is 0 Å². The number of hydrogen-bond acceptors (Lipinski definition) is 5. The number of morpholine rings is 1. The second-order valence-corrected chi connectivity index (χ2v) is 6.87. The molecule has 156 valence electrons. The van der Waals surface area contributed by atoms with Gasteiger partial charge in [-0.25, -0.2) is 4.39 Å². The van der Waals surface area contributed by atoms with Crippen LogP contribution in [0.5, 0.6) is 5.75 Å². The van der Waals surface area contributed by atoms with Gasteiger partial charge in [0.15, 0.2) is 0 Å². The van der Waals surface area contributed by atoms with Crippen LogP contribution >= 0.6 is 0 Å². The van der Waals surface area contributed by atoms with Crippen molar-refractivity contribution in [3.05, 3.63) is 71.0 Å². The number of ether oxygens (including phenoxy) is 2. The van der Waals surface area contributed by atoms with Crippen LogP contribution in [-0.2, 0) is 9.53 Å². The number of halogens is 1. The zero-order chi connectivity index (χ0) is 21.3. The van der Waals surface area contributed by atoms with Crippen LogP contribution < -0.4 is 10.1 Å². The fraction of sp³-hybridized carbons (Fsp3) is 0.304. The summed E-state index contributed by atoms with van der Waals surface area (Å²) in [6.45, 7) is 2.93. The Kier molecular flexibility index (Phi) is 7.55. The predicted molar refractivity (Wildman–Crippen MR) is 111 cm³/mol. The third-order valence-corrected chi connectivity index (χ3v) is 4.99. The van der Waals surface area contributed by atoms with E-state index in [9.17, 15) is 14.4 Å². The molecular formula is C23H24FN3O3. The molecule has 1 amide bonds. The molecule has 1 fully saturated rings. The van der Waals surface area contributed by atoms with Crippen LogP contribution in [0.3, 0.4) is 0 Å². The van der Waals surface area contributed by atoms with Gasteiger partial charge in [0.1, 0.15) is 23.2 Å². The van der Waals surface area contributed by atoms with E-state index < -0.39 is 5.91 Å². The van der Waals surface area contributed by atoms with E-state index in [-0.39, 0.29) is 17.4 Å². The Balaban J connectivity index is 1.72. The summed E-state index contributed by atoms with van der Waals surface area (Å²) in [5, 5.41) is 12.3. The van der Waals surface area contributed by atoms with Crippen molar-refractivity contribution in [3.8, 4) is 11.8 Å². The van der Waals surface area contributed by atoms with Gasteiger partial charge in [-0.1, -0.05) is 24.3 Å². The minimum absolute atomic E-state index is 0.0139. The third kappa shape index (κ3) is 5.66. The van der Waals surface area contributed by atoms with Gasteiger partial charge >= 0.3 is 0 Å². The van der Waals surface area contributed by atoms with Crippen molar-refractivity contribution in [3.63, 3.8) is 0 Å². The van der Waals surface area contributed by atoms with E-state index in [0.29, 0.717) is 38.6 Å². The Hall–Kier alpha value is -3.21. The molecule has 1 heterocycles. The number of hydrogen-bond donors (Lipinski definition) is 1. The van der Waals surface area contributed by atoms with E-state index in [0.717, 1.165) is 11.1 Å². The van der Waals surface area contributed by atoms with Crippen molar-refractivity contribution in [2.75, 3.05) is 40.0 Å². The molecule has 2 aromatic carbocycles. The van der Waals surface area contributed by atoms with Gasteiger partial charge in [-0.15, -0.1) is 0 Å². The van der Waals surface area contributed by atoms with Gasteiger partial charge in [-0.05, 0) is 41.5 Å². The van der Waals surface area contributed by atoms with Crippen molar-refractivity contribution < 1.29 is 18.7 Å². The van der Waals surface area contributed by atoms with E-state index in [1.807, 2.05) is 6.07 Å². The summed E-state index contributed by atoms with van der Waals surface area (Å²) in [6.07, 6.45) is 1.54. The van der Waals surface area contributed by atoms with Gasteiger partial charge in [0.25, 0.3) is 5.91 Å². The molecule has 3 rings (SSSR count). The maximum atomic E-state index is 13.4. The van der Waals surface area contributed by atoms with Crippen molar-refractivity contribution in [1.82, 2.24) is 10.2 Å². The molecule has 1 atom stereocenters. The highest BCUT2D eigenvalue weighted by Gasteiger charge is 2.24. The molecule has 0 aromatic heterocycles. The Morgan fingerprint density at radius 3 is 2.50 bits per heavy atom. The van der Waals surface area contributed by atoms with Gasteiger partial charge in [-0.3, -0.25) is 9.69 Å². The average Bonchev–Trinajstić information content (AvgIpc) is 2.79. The first-order chi connectivity index (χ1) is 14.6. The van der Waals surface area contributed by atoms with E-state index in [2.05, 4.69) is 10.2 Å². The van der Waals surface area contributed by atoms with Crippen LogP contribution in [0, 0.1) is 17.1 Å². The molecule has 1 aliphatic rings. The minimum atomic E-state index is -0.450. The SMILES string of the molecule is COc1ccc(/C=C(/C#N)C(=O)NC[C@@H](c2ccc(F)cc2)N2CCOCC2)cc1. The number of rotatable bonds is 7.